The quantitative estimate of drug-likeness (QED) is 0.372. The lowest BCUT2D eigenvalue weighted by molar-refractivity contribution is -0.115. The predicted molar refractivity (Wildman–Crippen MR) is 123 cm³/mol. The number of amides is 1. The van der Waals surface area contributed by atoms with Crippen LogP contribution >= 0.6 is 34.7 Å². The molecule has 1 aromatic carbocycles. The summed E-state index contributed by atoms with van der Waals surface area (Å²) < 4.78 is 3.36. The normalized spacial score (nSPS) is 12.6. The van der Waals surface area contributed by atoms with E-state index in [9.17, 15) is 4.79 Å². The first kappa shape index (κ1) is 20.2. The molecule has 0 saturated carbocycles. The molecular weight excluding hydrogens is 424 g/mol. The second-order valence-corrected chi connectivity index (χ2v) is 9.35. The lowest BCUT2D eigenvalue weighted by Gasteiger charge is -2.16. The number of carbonyl (C=O) groups is 1. The van der Waals surface area contributed by atoms with Gasteiger partial charge < -0.3 is 5.32 Å². The van der Waals surface area contributed by atoms with Gasteiger partial charge in [0.2, 0.25) is 5.91 Å². The summed E-state index contributed by atoms with van der Waals surface area (Å²) in [5.41, 5.74) is 3.87. The molecule has 0 aliphatic heterocycles. The SMILES string of the molecule is CCc1nnc(S[C@H](CC)C(=O)Nc2cc(Cl)ccc2C)c2cc3sccc3n12. The van der Waals surface area contributed by atoms with Gasteiger partial charge in [-0.1, -0.05) is 43.3 Å². The Morgan fingerprint density at radius 2 is 2.07 bits per heavy atom. The third kappa shape index (κ3) is 3.86. The molecule has 0 spiro atoms. The average Bonchev–Trinajstić information content (AvgIpc) is 3.30. The maximum Gasteiger partial charge on any atom is 0.237 e. The van der Waals surface area contributed by atoms with Gasteiger partial charge >= 0.3 is 0 Å². The molecule has 0 aliphatic rings. The molecule has 0 radical (unpaired) electrons. The number of thiophene rings is 1. The van der Waals surface area contributed by atoms with Crippen molar-refractivity contribution in [3.63, 3.8) is 0 Å². The zero-order valence-electron chi connectivity index (χ0n) is 16.4. The van der Waals surface area contributed by atoms with Crippen molar-refractivity contribution in [2.45, 2.75) is 43.9 Å². The maximum absolute atomic E-state index is 13.0. The highest BCUT2D eigenvalue weighted by Gasteiger charge is 2.23. The van der Waals surface area contributed by atoms with Gasteiger partial charge in [-0.25, -0.2) is 0 Å². The summed E-state index contributed by atoms with van der Waals surface area (Å²) in [6, 6.07) is 9.74. The van der Waals surface area contributed by atoms with Crippen LogP contribution in [0.2, 0.25) is 5.02 Å². The summed E-state index contributed by atoms with van der Waals surface area (Å²) in [5, 5.41) is 15.1. The summed E-state index contributed by atoms with van der Waals surface area (Å²) in [6.07, 6.45) is 1.47. The smallest absolute Gasteiger partial charge is 0.237 e. The number of hydrogen-bond acceptors (Lipinski definition) is 5. The molecule has 0 aliphatic carbocycles. The largest absolute Gasteiger partial charge is 0.325 e. The first-order chi connectivity index (χ1) is 14.0. The molecule has 4 aromatic rings. The van der Waals surface area contributed by atoms with E-state index in [0.29, 0.717) is 11.4 Å². The van der Waals surface area contributed by atoms with Crippen LogP contribution in [0, 0.1) is 6.92 Å². The number of aromatic nitrogens is 3. The molecule has 4 rings (SSSR count). The number of nitrogens with zero attached hydrogens (tertiary/aromatic N) is 3. The first-order valence-electron chi connectivity index (χ1n) is 9.49. The fourth-order valence-corrected chi connectivity index (χ4v) is 5.21. The van der Waals surface area contributed by atoms with E-state index in [1.165, 1.54) is 16.5 Å². The van der Waals surface area contributed by atoms with Crippen LogP contribution in [0.15, 0.2) is 40.7 Å². The zero-order chi connectivity index (χ0) is 20.5. The van der Waals surface area contributed by atoms with Gasteiger partial charge in [0, 0.05) is 17.1 Å². The monoisotopic (exact) mass is 444 g/mol. The van der Waals surface area contributed by atoms with Gasteiger partial charge in [0.25, 0.3) is 0 Å². The van der Waals surface area contributed by atoms with Gasteiger partial charge in [-0.3, -0.25) is 9.20 Å². The van der Waals surface area contributed by atoms with E-state index in [4.69, 9.17) is 11.6 Å². The first-order valence-corrected chi connectivity index (χ1v) is 11.6. The molecule has 1 N–H and O–H groups in total. The molecule has 1 atom stereocenters. The molecule has 3 heterocycles. The van der Waals surface area contributed by atoms with Crippen LogP contribution in [0.3, 0.4) is 0 Å². The topological polar surface area (TPSA) is 59.3 Å². The Hall–Kier alpha value is -2.09. The Morgan fingerprint density at radius 3 is 2.83 bits per heavy atom. The van der Waals surface area contributed by atoms with Crippen LogP contribution in [0.4, 0.5) is 5.69 Å². The molecular formula is C21H21ClN4OS2. The second-order valence-electron chi connectivity index (χ2n) is 6.77. The summed E-state index contributed by atoms with van der Waals surface area (Å²) in [4.78, 5) is 13.0. The number of thioether (sulfide) groups is 1. The van der Waals surface area contributed by atoms with Crippen LogP contribution in [-0.2, 0) is 11.2 Å². The highest BCUT2D eigenvalue weighted by molar-refractivity contribution is 8.00. The van der Waals surface area contributed by atoms with Gasteiger partial charge in [0.1, 0.15) is 10.9 Å². The number of benzene rings is 1. The Kier molecular flexibility index (Phi) is 5.81. The van der Waals surface area contributed by atoms with Gasteiger partial charge in [0.05, 0.1) is 21.0 Å². The number of rotatable bonds is 6. The van der Waals surface area contributed by atoms with Crippen molar-refractivity contribution in [1.29, 1.82) is 0 Å². The van der Waals surface area contributed by atoms with E-state index >= 15 is 0 Å². The van der Waals surface area contributed by atoms with Crippen molar-refractivity contribution < 1.29 is 4.79 Å². The lowest BCUT2D eigenvalue weighted by Crippen LogP contribution is -2.25. The van der Waals surface area contributed by atoms with Gasteiger partial charge in [0.15, 0.2) is 0 Å². The number of aryl methyl sites for hydroxylation is 2. The molecule has 0 unspecified atom stereocenters. The van der Waals surface area contributed by atoms with Gasteiger partial charge in [-0.15, -0.1) is 21.5 Å². The summed E-state index contributed by atoms with van der Waals surface area (Å²) in [7, 11) is 0. The van der Waals surface area contributed by atoms with E-state index in [2.05, 4.69) is 44.4 Å². The highest BCUT2D eigenvalue weighted by Crippen LogP contribution is 2.34. The molecule has 8 heteroatoms. The molecule has 0 bridgehead atoms. The fraction of sp³-hybridized carbons (Fsp3) is 0.286. The van der Waals surface area contributed by atoms with E-state index in [0.717, 1.165) is 39.6 Å². The summed E-state index contributed by atoms with van der Waals surface area (Å²) >= 11 is 9.25. The van der Waals surface area contributed by atoms with E-state index in [1.807, 2.05) is 26.0 Å². The van der Waals surface area contributed by atoms with E-state index in [-0.39, 0.29) is 11.2 Å². The average molecular weight is 445 g/mol. The standard InChI is InChI=1S/C21H21ClN4OS2/c1-4-17(20(27)23-14-10-13(22)7-6-12(14)3)29-21-16-11-18-15(8-9-28-18)26(16)19(5-2)24-25-21/h6-11,17H,4-5H2,1-3H3,(H,23,27)/t17-/m1/s1. The minimum Gasteiger partial charge on any atom is -0.325 e. The van der Waals surface area contributed by atoms with Crippen molar-refractivity contribution in [3.8, 4) is 0 Å². The third-order valence-electron chi connectivity index (χ3n) is 4.85. The number of nitrogens with one attached hydrogen (secondary N) is 1. The number of fused-ring (bicyclic) bond motifs is 3. The van der Waals surface area contributed by atoms with Gasteiger partial charge in [-0.2, -0.15) is 0 Å². The van der Waals surface area contributed by atoms with Crippen LogP contribution in [0.5, 0.6) is 0 Å². The molecule has 150 valence electrons. The Balaban J connectivity index is 1.65. The third-order valence-corrected chi connectivity index (χ3v) is 7.28. The Labute approximate surface area is 182 Å². The molecule has 1 amide bonds. The number of carbonyl (C=O) groups excluding carboxylic acids is 1. The van der Waals surface area contributed by atoms with Crippen molar-refractivity contribution in [2.75, 3.05) is 5.32 Å². The fourth-order valence-electron chi connectivity index (χ4n) is 3.27. The van der Waals surface area contributed by atoms with E-state index in [1.54, 1.807) is 17.4 Å². The number of hydrogen-bond donors (Lipinski definition) is 1. The maximum atomic E-state index is 13.0. The summed E-state index contributed by atoms with van der Waals surface area (Å²) in [5.74, 6) is 0.862. The van der Waals surface area contributed by atoms with Crippen molar-refractivity contribution in [1.82, 2.24) is 14.6 Å². The molecule has 29 heavy (non-hydrogen) atoms. The highest BCUT2D eigenvalue weighted by atomic mass is 35.5. The summed E-state index contributed by atoms with van der Waals surface area (Å²) in [6.45, 7) is 6.03. The molecule has 0 fully saturated rings. The van der Waals surface area contributed by atoms with Crippen LogP contribution in [0.1, 0.15) is 31.7 Å². The Bertz CT molecular complexity index is 1200. The minimum absolute atomic E-state index is 0.0595. The number of anilines is 1. The Morgan fingerprint density at radius 1 is 1.24 bits per heavy atom. The van der Waals surface area contributed by atoms with Crippen LogP contribution in [-0.4, -0.2) is 25.8 Å². The van der Waals surface area contributed by atoms with E-state index < -0.39 is 0 Å². The zero-order valence-corrected chi connectivity index (χ0v) is 18.8. The second kappa shape index (κ2) is 8.34. The van der Waals surface area contributed by atoms with Crippen LogP contribution < -0.4 is 5.32 Å². The van der Waals surface area contributed by atoms with Crippen molar-refractivity contribution >= 4 is 62.0 Å². The van der Waals surface area contributed by atoms with Gasteiger partial charge in [-0.05, 0) is 48.6 Å². The molecule has 5 nitrogen and oxygen atoms in total. The lowest BCUT2D eigenvalue weighted by atomic mass is 10.2. The van der Waals surface area contributed by atoms with Crippen LogP contribution in [0.25, 0.3) is 15.7 Å². The van der Waals surface area contributed by atoms with Crippen molar-refractivity contribution in [2.24, 2.45) is 0 Å². The minimum atomic E-state index is -0.285. The molecule has 3 aromatic heterocycles. The van der Waals surface area contributed by atoms with Crippen molar-refractivity contribution in [3.05, 3.63) is 52.1 Å². The number of halogens is 1. The predicted octanol–water partition coefficient (Wildman–Crippen LogP) is 5.98. The molecule has 0 saturated heterocycles.